The van der Waals surface area contributed by atoms with Crippen LogP contribution in [0.1, 0.15) is 24.2 Å². The zero-order valence-electron chi connectivity index (χ0n) is 10.4. The van der Waals surface area contributed by atoms with Crippen LogP contribution in [0.4, 0.5) is 4.39 Å². The van der Waals surface area contributed by atoms with Crippen LogP contribution in [0.3, 0.4) is 0 Å². The van der Waals surface area contributed by atoms with Crippen LogP contribution in [0.5, 0.6) is 5.75 Å². The van der Waals surface area contributed by atoms with Crippen molar-refractivity contribution in [1.29, 1.82) is 0 Å². The normalized spacial score (nSPS) is 12.2. The highest BCUT2D eigenvalue weighted by Gasteiger charge is 2.09. The third-order valence-corrected chi connectivity index (χ3v) is 3.12. The molecule has 2 rings (SSSR count). The van der Waals surface area contributed by atoms with Gasteiger partial charge in [-0.3, -0.25) is 0 Å². The van der Waals surface area contributed by atoms with E-state index in [9.17, 15) is 9.50 Å². The van der Waals surface area contributed by atoms with Crippen LogP contribution < -0.4 is 4.74 Å². The lowest BCUT2D eigenvalue weighted by molar-refractivity contribution is 0.190. The lowest BCUT2D eigenvalue weighted by Crippen LogP contribution is -2.01. The van der Waals surface area contributed by atoms with Crippen molar-refractivity contribution < 1.29 is 14.2 Å². The molecule has 0 saturated heterocycles. The minimum atomic E-state index is -0.611. The molecule has 0 radical (unpaired) electrons. The van der Waals surface area contributed by atoms with Gasteiger partial charge in [-0.05, 0) is 25.1 Å². The summed E-state index contributed by atoms with van der Waals surface area (Å²) in [6, 6.07) is 11.4. The molecular formula is C15H14ClFO2. The van der Waals surface area contributed by atoms with E-state index in [1.54, 1.807) is 25.1 Å². The molecule has 1 atom stereocenters. The highest BCUT2D eigenvalue weighted by Crippen LogP contribution is 2.26. The molecule has 2 aromatic rings. The van der Waals surface area contributed by atoms with Gasteiger partial charge in [0, 0.05) is 11.1 Å². The van der Waals surface area contributed by atoms with Crippen LogP contribution in [-0.4, -0.2) is 5.11 Å². The Balaban J connectivity index is 2.14. The largest absolute Gasteiger partial charge is 0.488 e. The second-order valence-corrected chi connectivity index (χ2v) is 4.65. The third kappa shape index (κ3) is 3.46. The van der Waals surface area contributed by atoms with E-state index in [1.807, 2.05) is 12.1 Å². The van der Waals surface area contributed by atoms with E-state index < -0.39 is 6.10 Å². The highest BCUT2D eigenvalue weighted by molar-refractivity contribution is 6.31. The number of rotatable bonds is 4. The maximum atomic E-state index is 12.9. The first-order valence-corrected chi connectivity index (χ1v) is 6.29. The number of aliphatic hydroxyl groups is 1. The standard InChI is InChI=1S/C15H14ClFO2/c1-10(18)13-4-2-3-5-15(13)19-9-11-6-7-12(17)8-14(11)16/h2-8,10,18H,9H2,1H3. The quantitative estimate of drug-likeness (QED) is 0.913. The van der Waals surface area contributed by atoms with Crippen molar-refractivity contribution in [2.45, 2.75) is 19.6 Å². The Labute approximate surface area is 116 Å². The Hall–Kier alpha value is -1.58. The predicted molar refractivity (Wildman–Crippen MR) is 72.8 cm³/mol. The molecule has 0 amide bonds. The Morgan fingerprint density at radius 3 is 2.68 bits per heavy atom. The lowest BCUT2D eigenvalue weighted by atomic mass is 10.1. The maximum Gasteiger partial charge on any atom is 0.125 e. The van der Waals surface area contributed by atoms with Crippen LogP contribution in [0.15, 0.2) is 42.5 Å². The van der Waals surface area contributed by atoms with Crippen molar-refractivity contribution >= 4 is 11.6 Å². The van der Waals surface area contributed by atoms with Gasteiger partial charge in [-0.25, -0.2) is 4.39 Å². The van der Waals surface area contributed by atoms with Crippen LogP contribution in [0.25, 0.3) is 0 Å². The van der Waals surface area contributed by atoms with Gasteiger partial charge in [-0.15, -0.1) is 0 Å². The summed E-state index contributed by atoms with van der Waals surface area (Å²) in [5, 5.41) is 9.97. The second kappa shape index (κ2) is 6.04. The first-order valence-electron chi connectivity index (χ1n) is 5.91. The molecule has 0 fully saturated rings. The number of hydrogen-bond acceptors (Lipinski definition) is 2. The average Bonchev–Trinajstić information content (AvgIpc) is 2.38. The molecule has 0 aliphatic heterocycles. The SMILES string of the molecule is CC(O)c1ccccc1OCc1ccc(F)cc1Cl. The zero-order chi connectivity index (χ0) is 13.8. The summed E-state index contributed by atoms with van der Waals surface area (Å²) in [5.41, 5.74) is 1.41. The minimum absolute atomic E-state index is 0.225. The highest BCUT2D eigenvalue weighted by atomic mass is 35.5. The summed E-state index contributed by atoms with van der Waals surface area (Å²) in [6.45, 7) is 1.90. The van der Waals surface area contributed by atoms with Crippen LogP contribution in [0, 0.1) is 5.82 Å². The molecule has 0 bridgehead atoms. The van der Waals surface area contributed by atoms with E-state index in [0.717, 1.165) is 0 Å². The molecule has 0 aliphatic rings. The van der Waals surface area contributed by atoms with Gasteiger partial charge in [0.15, 0.2) is 0 Å². The lowest BCUT2D eigenvalue weighted by Gasteiger charge is -2.13. The fourth-order valence-electron chi connectivity index (χ4n) is 1.75. The predicted octanol–water partition coefficient (Wildman–Crippen LogP) is 4.11. The molecule has 0 aliphatic carbocycles. The summed E-state index contributed by atoms with van der Waals surface area (Å²) in [5.74, 6) is 0.219. The number of aliphatic hydroxyl groups excluding tert-OH is 1. The van der Waals surface area contributed by atoms with E-state index >= 15 is 0 Å². The number of benzene rings is 2. The Morgan fingerprint density at radius 1 is 1.26 bits per heavy atom. The molecule has 19 heavy (non-hydrogen) atoms. The fraction of sp³-hybridized carbons (Fsp3) is 0.200. The number of ether oxygens (including phenoxy) is 1. The van der Waals surface area contributed by atoms with Crippen molar-refractivity contribution in [2.75, 3.05) is 0 Å². The van der Waals surface area contributed by atoms with Gasteiger partial charge < -0.3 is 9.84 Å². The summed E-state index contributed by atoms with van der Waals surface area (Å²) >= 11 is 5.93. The van der Waals surface area contributed by atoms with Crippen LogP contribution in [0.2, 0.25) is 5.02 Å². The molecule has 0 heterocycles. The fourth-order valence-corrected chi connectivity index (χ4v) is 1.97. The van der Waals surface area contributed by atoms with Gasteiger partial charge in [0.1, 0.15) is 18.2 Å². The monoisotopic (exact) mass is 280 g/mol. The molecule has 4 heteroatoms. The number of para-hydroxylation sites is 1. The average molecular weight is 281 g/mol. The van der Waals surface area contributed by atoms with Gasteiger partial charge in [-0.2, -0.15) is 0 Å². The van der Waals surface area contributed by atoms with Crippen LogP contribution in [-0.2, 0) is 6.61 Å². The molecule has 0 spiro atoms. The van der Waals surface area contributed by atoms with Crippen molar-refractivity contribution in [1.82, 2.24) is 0 Å². The van der Waals surface area contributed by atoms with Crippen molar-refractivity contribution in [3.05, 3.63) is 64.4 Å². The van der Waals surface area contributed by atoms with E-state index in [4.69, 9.17) is 16.3 Å². The second-order valence-electron chi connectivity index (χ2n) is 4.24. The maximum absolute atomic E-state index is 12.9. The molecule has 1 N–H and O–H groups in total. The van der Waals surface area contributed by atoms with E-state index in [2.05, 4.69) is 0 Å². The Bertz CT molecular complexity index is 570. The van der Waals surface area contributed by atoms with Gasteiger partial charge in [0.05, 0.1) is 11.1 Å². The topological polar surface area (TPSA) is 29.5 Å². The summed E-state index contributed by atoms with van der Waals surface area (Å²) in [7, 11) is 0. The van der Waals surface area contributed by atoms with Crippen molar-refractivity contribution in [2.24, 2.45) is 0 Å². The van der Waals surface area contributed by atoms with Gasteiger partial charge >= 0.3 is 0 Å². The van der Waals surface area contributed by atoms with Crippen molar-refractivity contribution in [3.8, 4) is 5.75 Å². The smallest absolute Gasteiger partial charge is 0.125 e. The van der Waals surface area contributed by atoms with Crippen LogP contribution >= 0.6 is 11.6 Å². The number of hydrogen-bond donors (Lipinski definition) is 1. The third-order valence-electron chi connectivity index (χ3n) is 2.77. The van der Waals surface area contributed by atoms with Gasteiger partial charge in [-0.1, -0.05) is 35.9 Å². The van der Waals surface area contributed by atoms with Gasteiger partial charge in [0.25, 0.3) is 0 Å². The molecule has 100 valence electrons. The molecular weight excluding hydrogens is 267 g/mol. The number of halogens is 2. The van der Waals surface area contributed by atoms with E-state index in [0.29, 0.717) is 21.9 Å². The van der Waals surface area contributed by atoms with Gasteiger partial charge in [0.2, 0.25) is 0 Å². The first kappa shape index (κ1) is 13.8. The molecule has 2 nitrogen and oxygen atoms in total. The Kier molecular flexibility index (Phi) is 4.40. The molecule has 1 unspecified atom stereocenters. The molecule has 2 aromatic carbocycles. The molecule has 0 saturated carbocycles. The molecule has 0 aromatic heterocycles. The zero-order valence-corrected chi connectivity index (χ0v) is 11.2. The van der Waals surface area contributed by atoms with E-state index in [-0.39, 0.29) is 12.4 Å². The van der Waals surface area contributed by atoms with E-state index in [1.165, 1.54) is 12.1 Å². The summed E-state index contributed by atoms with van der Waals surface area (Å²) in [4.78, 5) is 0. The first-order chi connectivity index (χ1) is 9.08. The Morgan fingerprint density at radius 2 is 2.00 bits per heavy atom. The summed E-state index contributed by atoms with van der Waals surface area (Å²) in [6.07, 6.45) is -0.611. The minimum Gasteiger partial charge on any atom is -0.488 e. The summed E-state index contributed by atoms with van der Waals surface area (Å²) < 4.78 is 18.6. The van der Waals surface area contributed by atoms with Crippen molar-refractivity contribution in [3.63, 3.8) is 0 Å².